The third-order valence-corrected chi connectivity index (χ3v) is 4.46. The highest BCUT2D eigenvalue weighted by Gasteiger charge is 2.23. The highest BCUT2D eigenvalue weighted by atomic mass is 32.2. The highest BCUT2D eigenvalue weighted by molar-refractivity contribution is 7.99. The second kappa shape index (κ2) is 7.39. The number of thioether (sulfide) groups is 1. The number of hydrogen-bond donors (Lipinski definition) is 1. The van der Waals surface area contributed by atoms with Crippen molar-refractivity contribution in [1.29, 1.82) is 0 Å². The molecule has 1 saturated carbocycles. The molecule has 1 aliphatic carbocycles. The standard InChI is InChI=1S/C14H27NS/c1-4-11-16-12-10-15-13-6-5-8-14(2,3)9-7-13/h4,13,15H,1,5-12H2,2-3H3. The molecule has 1 aliphatic rings. The molecule has 0 spiro atoms. The van der Waals surface area contributed by atoms with Gasteiger partial charge in [-0.25, -0.2) is 0 Å². The van der Waals surface area contributed by atoms with E-state index in [2.05, 4.69) is 25.7 Å². The molecule has 0 aromatic rings. The van der Waals surface area contributed by atoms with Crippen LogP contribution < -0.4 is 5.32 Å². The molecule has 16 heavy (non-hydrogen) atoms. The van der Waals surface area contributed by atoms with Crippen molar-refractivity contribution >= 4 is 11.8 Å². The second-order valence-electron chi connectivity index (χ2n) is 5.61. The van der Waals surface area contributed by atoms with E-state index in [1.54, 1.807) is 0 Å². The summed E-state index contributed by atoms with van der Waals surface area (Å²) < 4.78 is 0. The van der Waals surface area contributed by atoms with Gasteiger partial charge in [-0.2, -0.15) is 11.8 Å². The van der Waals surface area contributed by atoms with E-state index in [0.717, 1.165) is 18.3 Å². The van der Waals surface area contributed by atoms with E-state index in [9.17, 15) is 0 Å². The predicted octanol–water partition coefficient (Wildman–Crippen LogP) is 3.85. The van der Waals surface area contributed by atoms with E-state index >= 15 is 0 Å². The third kappa shape index (κ3) is 5.95. The van der Waals surface area contributed by atoms with E-state index in [1.165, 1.54) is 37.9 Å². The lowest BCUT2D eigenvalue weighted by atomic mass is 9.85. The Labute approximate surface area is 105 Å². The van der Waals surface area contributed by atoms with Crippen molar-refractivity contribution in [3.05, 3.63) is 12.7 Å². The summed E-state index contributed by atoms with van der Waals surface area (Å²) in [5, 5.41) is 3.70. The van der Waals surface area contributed by atoms with Crippen molar-refractivity contribution in [2.45, 2.75) is 52.0 Å². The molecule has 94 valence electrons. The highest BCUT2D eigenvalue weighted by Crippen LogP contribution is 2.33. The molecule has 0 saturated heterocycles. The van der Waals surface area contributed by atoms with Crippen molar-refractivity contribution in [2.75, 3.05) is 18.1 Å². The largest absolute Gasteiger partial charge is 0.313 e. The quantitative estimate of drug-likeness (QED) is 0.430. The Morgan fingerprint density at radius 2 is 2.19 bits per heavy atom. The molecule has 1 nitrogen and oxygen atoms in total. The molecule has 0 aliphatic heterocycles. The molecule has 0 heterocycles. The van der Waals surface area contributed by atoms with Crippen molar-refractivity contribution in [3.63, 3.8) is 0 Å². The maximum absolute atomic E-state index is 3.74. The average molecular weight is 241 g/mol. The summed E-state index contributed by atoms with van der Waals surface area (Å²) >= 11 is 1.97. The summed E-state index contributed by atoms with van der Waals surface area (Å²) in [4.78, 5) is 0. The van der Waals surface area contributed by atoms with Gasteiger partial charge in [0.05, 0.1) is 0 Å². The fourth-order valence-electron chi connectivity index (χ4n) is 2.37. The Hall–Kier alpha value is 0.0500. The van der Waals surface area contributed by atoms with E-state index in [4.69, 9.17) is 0 Å². The molecule has 0 bridgehead atoms. The van der Waals surface area contributed by atoms with Gasteiger partial charge in [0.15, 0.2) is 0 Å². The van der Waals surface area contributed by atoms with Crippen LogP contribution in [-0.2, 0) is 0 Å². The lowest BCUT2D eigenvalue weighted by Gasteiger charge is -2.22. The van der Waals surface area contributed by atoms with Gasteiger partial charge in [-0.15, -0.1) is 6.58 Å². The van der Waals surface area contributed by atoms with Crippen molar-refractivity contribution < 1.29 is 0 Å². The van der Waals surface area contributed by atoms with Gasteiger partial charge < -0.3 is 5.32 Å². The first kappa shape index (κ1) is 14.1. The summed E-state index contributed by atoms with van der Waals surface area (Å²) in [6.45, 7) is 9.72. The van der Waals surface area contributed by atoms with E-state index in [1.807, 2.05) is 17.8 Å². The second-order valence-corrected chi connectivity index (χ2v) is 6.76. The maximum Gasteiger partial charge on any atom is 0.0111 e. The van der Waals surface area contributed by atoms with Gasteiger partial charge in [-0.3, -0.25) is 0 Å². The SMILES string of the molecule is C=CCSCCNC1CCCC(C)(C)CC1. The number of rotatable bonds is 6. The third-order valence-electron chi connectivity index (χ3n) is 3.49. The van der Waals surface area contributed by atoms with E-state index in [-0.39, 0.29) is 0 Å². The summed E-state index contributed by atoms with van der Waals surface area (Å²) in [5.41, 5.74) is 0.577. The van der Waals surface area contributed by atoms with Crippen LogP contribution in [0.1, 0.15) is 46.0 Å². The summed E-state index contributed by atoms with van der Waals surface area (Å²) in [5.74, 6) is 2.30. The Bertz CT molecular complexity index is 201. The Morgan fingerprint density at radius 3 is 2.94 bits per heavy atom. The molecule has 1 rings (SSSR count). The minimum Gasteiger partial charge on any atom is -0.313 e. The molecular formula is C14H27NS. The molecule has 0 aromatic heterocycles. The summed E-state index contributed by atoms with van der Waals surface area (Å²) in [7, 11) is 0. The molecule has 0 aromatic carbocycles. The van der Waals surface area contributed by atoms with Crippen LogP contribution in [0.5, 0.6) is 0 Å². The molecule has 0 amide bonds. The monoisotopic (exact) mass is 241 g/mol. The first-order chi connectivity index (χ1) is 7.64. The topological polar surface area (TPSA) is 12.0 Å². The van der Waals surface area contributed by atoms with Gasteiger partial charge >= 0.3 is 0 Å². The van der Waals surface area contributed by atoms with Crippen LogP contribution >= 0.6 is 11.8 Å². The Balaban J connectivity index is 2.10. The molecular weight excluding hydrogens is 214 g/mol. The van der Waals surface area contributed by atoms with Crippen LogP contribution in [0.4, 0.5) is 0 Å². The first-order valence-electron chi connectivity index (χ1n) is 6.56. The molecule has 0 radical (unpaired) electrons. The molecule has 2 heteroatoms. The van der Waals surface area contributed by atoms with Crippen molar-refractivity contribution in [3.8, 4) is 0 Å². The molecule has 1 unspecified atom stereocenters. The normalized spacial score (nSPS) is 25.0. The molecule has 1 N–H and O–H groups in total. The zero-order valence-corrected chi connectivity index (χ0v) is 11.7. The molecule has 1 atom stereocenters. The Kier molecular flexibility index (Phi) is 6.52. The minimum absolute atomic E-state index is 0.577. The van der Waals surface area contributed by atoms with Crippen LogP contribution in [0.15, 0.2) is 12.7 Å². The lowest BCUT2D eigenvalue weighted by Crippen LogP contribution is -2.30. The van der Waals surface area contributed by atoms with E-state index in [0.29, 0.717) is 5.41 Å². The average Bonchev–Trinajstić information content (AvgIpc) is 2.40. The van der Waals surface area contributed by atoms with Gasteiger partial charge in [0, 0.05) is 24.1 Å². The zero-order chi connectivity index (χ0) is 11.9. The van der Waals surface area contributed by atoms with Crippen LogP contribution in [0.25, 0.3) is 0 Å². The zero-order valence-electron chi connectivity index (χ0n) is 10.9. The fourth-order valence-corrected chi connectivity index (χ4v) is 2.96. The first-order valence-corrected chi connectivity index (χ1v) is 7.71. The smallest absolute Gasteiger partial charge is 0.0111 e. The number of nitrogens with one attached hydrogen (secondary N) is 1. The van der Waals surface area contributed by atoms with Gasteiger partial charge in [-0.1, -0.05) is 26.3 Å². The van der Waals surface area contributed by atoms with Crippen LogP contribution in [0, 0.1) is 5.41 Å². The lowest BCUT2D eigenvalue weighted by molar-refractivity contribution is 0.310. The van der Waals surface area contributed by atoms with Crippen molar-refractivity contribution in [1.82, 2.24) is 5.32 Å². The number of hydrogen-bond acceptors (Lipinski definition) is 2. The summed E-state index contributed by atoms with van der Waals surface area (Å²) in [6.07, 6.45) is 8.89. The van der Waals surface area contributed by atoms with Crippen LogP contribution in [0.3, 0.4) is 0 Å². The van der Waals surface area contributed by atoms with Gasteiger partial charge in [0.1, 0.15) is 0 Å². The molecule has 1 fully saturated rings. The maximum atomic E-state index is 3.74. The minimum atomic E-state index is 0.577. The fraction of sp³-hybridized carbons (Fsp3) is 0.857. The van der Waals surface area contributed by atoms with Gasteiger partial charge in [0.2, 0.25) is 0 Å². The predicted molar refractivity (Wildman–Crippen MR) is 76.2 cm³/mol. The van der Waals surface area contributed by atoms with Crippen molar-refractivity contribution in [2.24, 2.45) is 5.41 Å². The van der Waals surface area contributed by atoms with Gasteiger partial charge in [0.25, 0.3) is 0 Å². The van der Waals surface area contributed by atoms with E-state index < -0.39 is 0 Å². The Morgan fingerprint density at radius 1 is 1.38 bits per heavy atom. The van der Waals surface area contributed by atoms with Gasteiger partial charge in [-0.05, 0) is 31.1 Å². The summed E-state index contributed by atoms with van der Waals surface area (Å²) in [6, 6.07) is 0.770. The van der Waals surface area contributed by atoms with Crippen LogP contribution in [0.2, 0.25) is 0 Å². The van der Waals surface area contributed by atoms with Crippen LogP contribution in [-0.4, -0.2) is 24.1 Å².